The Labute approximate surface area is 179 Å². The Morgan fingerprint density at radius 2 is 1.87 bits per heavy atom. The third-order valence-electron chi connectivity index (χ3n) is 4.84. The molecule has 6 heteroatoms. The van der Waals surface area contributed by atoms with Crippen molar-refractivity contribution in [1.29, 1.82) is 0 Å². The zero-order chi connectivity index (χ0) is 21.7. The van der Waals surface area contributed by atoms with Gasteiger partial charge in [0.2, 0.25) is 0 Å². The van der Waals surface area contributed by atoms with E-state index in [1.165, 1.54) is 0 Å². The summed E-state index contributed by atoms with van der Waals surface area (Å²) in [6, 6.07) is 16.0. The van der Waals surface area contributed by atoms with Crippen molar-refractivity contribution in [3.05, 3.63) is 97.9 Å². The van der Waals surface area contributed by atoms with Crippen molar-refractivity contribution in [2.75, 3.05) is 7.11 Å². The fraction of sp³-hybridized carbons (Fsp3) is 0.167. The summed E-state index contributed by atoms with van der Waals surface area (Å²) in [5, 5.41) is 9.20. The monoisotopic (exact) mass is 423 g/mol. The van der Waals surface area contributed by atoms with Gasteiger partial charge in [0.05, 0.1) is 12.7 Å². The van der Waals surface area contributed by atoms with Gasteiger partial charge in [0.25, 0.3) is 5.56 Å². The zero-order valence-electron chi connectivity index (χ0n) is 16.8. The molecule has 154 valence electrons. The van der Waals surface area contributed by atoms with Crippen molar-refractivity contribution in [3.63, 3.8) is 0 Å². The predicted molar refractivity (Wildman–Crippen MR) is 119 cm³/mol. The predicted octanol–water partition coefficient (Wildman–Crippen LogP) is 4.93. The number of carboxylic acids is 1. The molecular weight excluding hydrogens is 402 g/mol. The van der Waals surface area contributed by atoms with Crippen molar-refractivity contribution in [1.82, 2.24) is 4.57 Å². The van der Waals surface area contributed by atoms with Crippen LogP contribution in [0.15, 0.2) is 59.4 Å². The first kappa shape index (κ1) is 21.4. The van der Waals surface area contributed by atoms with Crippen molar-refractivity contribution in [2.24, 2.45) is 0 Å². The maximum atomic E-state index is 12.7. The van der Waals surface area contributed by atoms with Gasteiger partial charge in [-0.05, 0) is 66.4 Å². The molecule has 30 heavy (non-hydrogen) atoms. The van der Waals surface area contributed by atoms with Crippen molar-refractivity contribution >= 4 is 29.7 Å². The molecule has 0 fully saturated rings. The Bertz CT molecular complexity index is 1150. The molecule has 0 aliphatic heterocycles. The third kappa shape index (κ3) is 4.99. The fourth-order valence-corrected chi connectivity index (χ4v) is 3.46. The Kier molecular flexibility index (Phi) is 6.75. The van der Waals surface area contributed by atoms with E-state index in [1.807, 2.05) is 43.3 Å². The van der Waals surface area contributed by atoms with E-state index in [0.29, 0.717) is 13.0 Å². The molecule has 0 saturated carbocycles. The minimum absolute atomic E-state index is 0.173. The normalized spacial score (nSPS) is 11.0. The molecule has 0 amide bonds. The molecule has 5 nitrogen and oxygen atoms in total. The maximum Gasteiger partial charge on any atom is 0.335 e. The number of carboxylic acid groups (broad SMARTS) is 1. The first-order chi connectivity index (χ1) is 14.4. The standard InChI is InChI=1S/C24H22ClNO4/c1-16-14-21(25)23(27)26(13-12-17-6-9-19(10-7-17)24(28)29)22(16)11-8-18-4-3-5-20(15-18)30-2/h3-11,14-15H,12-13H2,1-2H3,(H,28,29). The summed E-state index contributed by atoms with van der Waals surface area (Å²) in [6.07, 6.45) is 4.39. The van der Waals surface area contributed by atoms with Gasteiger partial charge in [-0.15, -0.1) is 0 Å². The highest BCUT2D eigenvalue weighted by Gasteiger charge is 2.10. The minimum atomic E-state index is -0.965. The number of pyridine rings is 1. The maximum absolute atomic E-state index is 12.7. The van der Waals surface area contributed by atoms with Gasteiger partial charge in [0, 0.05) is 12.2 Å². The number of benzene rings is 2. The molecule has 0 bridgehead atoms. The highest BCUT2D eigenvalue weighted by molar-refractivity contribution is 6.30. The number of aromatic carboxylic acids is 1. The molecule has 0 spiro atoms. The first-order valence-electron chi connectivity index (χ1n) is 9.43. The van der Waals surface area contributed by atoms with Crippen LogP contribution in [0.4, 0.5) is 0 Å². The van der Waals surface area contributed by atoms with Gasteiger partial charge in [-0.2, -0.15) is 0 Å². The lowest BCUT2D eigenvalue weighted by molar-refractivity contribution is 0.0697. The molecule has 2 aromatic carbocycles. The lowest BCUT2D eigenvalue weighted by Gasteiger charge is -2.14. The van der Waals surface area contributed by atoms with Crippen molar-refractivity contribution < 1.29 is 14.6 Å². The smallest absolute Gasteiger partial charge is 0.335 e. The molecule has 3 aromatic rings. The van der Waals surface area contributed by atoms with Gasteiger partial charge in [-0.1, -0.05) is 41.9 Å². The lowest BCUT2D eigenvalue weighted by Crippen LogP contribution is -2.24. The molecule has 0 saturated heterocycles. The van der Waals surface area contributed by atoms with Gasteiger partial charge >= 0.3 is 5.97 Å². The van der Waals surface area contributed by atoms with Crippen molar-refractivity contribution in [2.45, 2.75) is 19.9 Å². The summed E-state index contributed by atoms with van der Waals surface area (Å²) in [5.74, 6) is -0.208. The van der Waals surface area contributed by atoms with Crippen LogP contribution in [-0.2, 0) is 13.0 Å². The molecule has 1 N–H and O–H groups in total. The van der Waals surface area contributed by atoms with Gasteiger partial charge in [0.1, 0.15) is 10.8 Å². The molecule has 1 aromatic heterocycles. The second-order valence-corrected chi connectivity index (χ2v) is 7.29. The van der Waals surface area contributed by atoms with Crippen LogP contribution in [0, 0.1) is 6.92 Å². The van der Waals surface area contributed by atoms with E-state index in [2.05, 4.69) is 0 Å². The van der Waals surface area contributed by atoms with Gasteiger partial charge in [-0.25, -0.2) is 4.79 Å². The van der Waals surface area contributed by atoms with E-state index in [9.17, 15) is 9.59 Å². The van der Waals surface area contributed by atoms with E-state index in [-0.39, 0.29) is 16.1 Å². The minimum Gasteiger partial charge on any atom is -0.497 e. The Morgan fingerprint density at radius 1 is 1.13 bits per heavy atom. The summed E-state index contributed by atoms with van der Waals surface area (Å²) in [4.78, 5) is 23.7. The van der Waals surface area contributed by atoms with E-state index in [1.54, 1.807) is 42.0 Å². The molecule has 0 unspecified atom stereocenters. The summed E-state index contributed by atoms with van der Waals surface area (Å²) in [7, 11) is 1.62. The van der Waals surface area contributed by atoms with Crippen LogP contribution in [0.1, 0.15) is 32.7 Å². The number of carbonyl (C=O) groups is 1. The van der Waals surface area contributed by atoms with Crippen LogP contribution >= 0.6 is 11.6 Å². The second kappa shape index (κ2) is 9.46. The average molecular weight is 424 g/mol. The highest BCUT2D eigenvalue weighted by atomic mass is 35.5. The number of aromatic nitrogens is 1. The molecule has 3 rings (SSSR count). The second-order valence-electron chi connectivity index (χ2n) is 6.88. The topological polar surface area (TPSA) is 68.5 Å². The van der Waals surface area contributed by atoms with E-state index in [4.69, 9.17) is 21.4 Å². The van der Waals surface area contributed by atoms with Crippen LogP contribution in [0.3, 0.4) is 0 Å². The number of aryl methyl sites for hydroxylation is 2. The zero-order valence-corrected chi connectivity index (χ0v) is 17.5. The summed E-state index contributed by atoms with van der Waals surface area (Å²) < 4.78 is 6.91. The molecular formula is C24H22ClNO4. The average Bonchev–Trinajstić information content (AvgIpc) is 2.75. The van der Waals surface area contributed by atoms with Gasteiger partial charge in [0.15, 0.2) is 0 Å². The number of ether oxygens (including phenoxy) is 1. The first-order valence-corrected chi connectivity index (χ1v) is 9.81. The van der Waals surface area contributed by atoms with Crippen LogP contribution in [-0.4, -0.2) is 22.8 Å². The lowest BCUT2D eigenvalue weighted by atomic mass is 10.1. The van der Waals surface area contributed by atoms with Crippen molar-refractivity contribution in [3.8, 4) is 5.75 Å². The van der Waals surface area contributed by atoms with Crippen LogP contribution in [0.5, 0.6) is 5.75 Å². The number of hydrogen-bond donors (Lipinski definition) is 1. The van der Waals surface area contributed by atoms with E-state index in [0.717, 1.165) is 28.1 Å². The van der Waals surface area contributed by atoms with Crippen LogP contribution in [0.25, 0.3) is 12.2 Å². The number of nitrogens with zero attached hydrogens (tertiary/aromatic N) is 1. The molecule has 0 aliphatic carbocycles. The third-order valence-corrected chi connectivity index (χ3v) is 5.11. The van der Waals surface area contributed by atoms with E-state index < -0.39 is 5.97 Å². The highest BCUT2D eigenvalue weighted by Crippen LogP contribution is 2.18. The Morgan fingerprint density at radius 3 is 2.53 bits per heavy atom. The SMILES string of the molecule is COc1cccc(C=Cc2c(C)cc(Cl)c(=O)n2CCc2ccc(C(=O)O)cc2)c1. The van der Waals surface area contributed by atoms with Gasteiger partial charge in [-0.3, -0.25) is 4.79 Å². The van der Waals surface area contributed by atoms with Gasteiger partial charge < -0.3 is 14.4 Å². The quantitative estimate of drug-likeness (QED) is 0.585. The number of halogens is 1. The Hall–Kier alpha value is -3.31. The summed E-state index contributed by atoms with van der Waals surface area (Å²) >= 11 is 6.15. The van der Waals surface area contributed by atoms with Crippen LogP contribution < -0.4 is 10.3 Å². The molecule has 1 heterocycles. The number of methoxy groups -OCH3 is 1. The largest absolute Gasteiger partial charge is 0.497 e. The molecule has 0 atom stereocenters. The molecule has 0 aliphatic rings. The summed E-state index contributed by atoms with van der Waals surface area (Å²) in [6.45, 7) is 2.33. The molecule has 0 radical (unpaired) electrons. The Balaban J connectivity index is 1.90. The van der Waals surface area contributed by atoms with Crippen LogP contribution in [0.2, 0.25) is 5.02 Å². The fourth-order valence-electron chi connectivity index (χ4n) is 3.20. The number of rotatable bonds is 7. The number of hydrogen-bond acceptors (Lipinski definition) is 3. The summed E-state index contributed by atoms with van der Waals surface area (Å²) in [5.41, 5.74) is 3.53. The van der Waals surface area contributed by atoms with E-state index >= 15 is 0 Å².